The predicted molar refractivity (Wildman–Crippen MR) is 97.8 cm³/mol. The minimum Gasteiger partial charge on any atom is -0.325 e. The average Bonchev–Trinajstić information content (AvgIpc) is 2.56. The van der Waals surface area contributed by atoms with Crippen molar-refractivity contribution >= 4 is 38.9 Å². The Morgan fingerprint density at radius 1 is 0.958 bits per heavy atom. The van der Waals surface area contributed by atoms with E-state index in [1.807, 2.05) is 6.07 Å². The van der Waals surface area contributed by atoms with Crippen molar-refractivity contribution in [3.63, 3.8) is 0 Å². The second-order valence-corrected chi connectivity index (χ2v) is 7.62. The normalized spacial score (nSPS) is 12.4. The third kappa shape index (κ3) is 6.22. The average molecular weight is 367 g/mol. The lowest BCUT2D eigenvalue weighted by Gasteiger charge is -2.11. The molecular weight excluding hydrogens is 348 g/mol. The first-order valence-corrected chi connectivity index (χ1v) is 9.61. The Bertz CT molecular complexity index is 752. The molecule has 0 spiro atoms. The second kappa shape index (κ2) is 8.70. The van der Waals surface area contributed by atoms with Crippen LogP contribution in [0, 0.1) is 0 Å². The van der Waals surface area contributed by atoms with Crippen molar-refractivity contribution in [2.45, 2.75) is 18.2 Å². The maximum Gasteiger partial charge on any atom is 0.242 e. The van der Waals surface area contributed by atoms with Crippen molar-refractivity contribution in [2.75, 3.05) is 15.8 Å². The first kappa shape index (κ1) is 18.3. The first-order chi connectivity index (χ1) is 11.5. The molecule has 128 valence electrons. The number of hydrogen-bond acceptors (Lipinski definition) is 3. The van der Waals surface area contributed by atoms with Crippen LogP contribution in [0.1, 0.15) is 12.8 Å². The molecule has 24 heavy (non-hydrogen) atoms. The minimum absolute atomic E-state index is 0.0935. The van der Waals surface area contributed by atoms with E-state index in [2.05, 4.69) is 10.0 Å². The summed E-state index contributed by atoms with van der Waals surface area (Å²) in [5.74, 6) is -0.430. The molecule has 5 nitrogen and oxygen atoms in total. The van der Waals surface area contributed by atoms with E-state index in [1.54, 1.807) is 54.6 Å². The largest absolute Gasteiger partial charge is 0.325 e. The van der Waals surface area contributed by atoms with Gasteiger partial charge in [0.25, 0.3) is 0 Å². The number of carbonyl (C=O) groups is 1. The SMILES string of the molecule is O=C(Nc1ccccc1)C(Cl)CCCS(=O)(=O)Nc1ccccc1. The summed E-state index contributed by atoms with van der Waals surface area (Å²) in [6, 6.07) is 17.6. The molecule has 0 saturated carbocycles. The van der Waals surface area contributed by atoms with Crippen LogP contribution < -0.4 is 10.0 Å². The topological polar surface area (TPSA) is 75.3 Å². The van der Waals surface area contributed by atoms with E-state index >= 15 is 0 Å². The highest BCUT2D eigenvalue weighted by Crippen LogP contribution is 2.13. The Balaban J connectivity index is 1.77. The van der Waals surface area contributed by atoms with Crippen molar-refractivity contribution in [1.29, 1.82) is 0 Å². The molecule has 7 heteroatoms. The Morgan fingerprint density at radius 2 is 1.50 bits per heavy atom. The lowest BCUT2D eigenvalue weighted by Crippen LogP contribution is -2.24. The Kier molecular flexibility index (Phi) is 6.63. The molecule has 1 unspecified atom stereocenters. The Labute approximate surface area is 147 Å². The monoisotopic (exact) mass is 366 g/mol. The van der Waals surface area contributed by atoms with Gasteiger partial charge in [-0.05, 0) is 37.1 Å². The van der Waals surface area contributed by atoms with E-state index in [4.69, 9.17) is 11.6 Å². The molecule has 0 radical (unpaired) electrons. The zero-order valence-corrected chi connectivity index (χ0v) is 14.6. The summed E-state index contributed by atoms with van der Waals surface area (Å²) >= 11 is 6.04. The summed E-state index contributed by atoms with van der Waals surface area (Å²) in [4.78, 5) is 12.0. The van der Waals surface area contributed by atoms with Gasteiger partial charge in [0.15, 0.2) is 0 Å². The van der Waals surface area contributed by atoms with Gasteiger partial charge in [-0.1, -0.05) is 36.4 Å². The van der Waals surface area contributed by atoms with Gasteiger partial charge >= 0.3 is 0 Å². The maximum absolute atomic E-state index is 12.0. The molecule has 2 rings (SSSR count). The third-order valence-corrected chi connectivity index (χ3v) is 5.03. The number of amides is 1. The molecule has 0 aliphatic carbocycles. The summed E-state index contributed by atoms with van der Waals surface area (Å²) in [6.07, 6.45) is 0.564. The van der Waals surface area contributed by atoms with Gasteiger partial charge in [-0.2, -0.15) is 0 Å². The number of nitrogens with one attached hydrogen (secondary N) is 2. The van der Waals surface area contributed by atoms with Gasteiger partial charge in [-0.25, -0.2) is 8.42 Å². The van der Waals surface area contributed by atoms with Gasteiger partial charge in [-0.3, -0.25) is 9.52 Å². The zero-order chi connectivity index (χ0) is 17.4. The summed E-state index contributed by atoms with van der Waals surface area (Å²) < 4.78 is 26.5. The van der Waals surface area contributed by atoms with E-state index in [0.717, 1.165) is 0 Å². The van der Waals surface area contributed by atoms with Crippen LogP contribution in [0.5, 0.6) is 0 Å². The fraction of sp³-hybridized carbons (Fsp3) is 0.235. The Morgan fingerprint density at radius 3 is 2.08 bits per heavy atom. The van der Waals surface area contributed by atoms with Crippen molar-refractivity contribution in [3.05, 3.63) is 60.7 Å². The highest BCUT2D eigenvalue weighted by molar-refractivity contribution is 7.92. The molecular formula is C17H19ClN2O3S. The lowest BCUT2D eigenvalue weighted by molar-refractivity contribution is -0.116. The fourth-order valence-corrected chi connectivity index (χ4v) is 3.42. The van der Waals surface area contributed by atoms with Crippen LogP contribution in [-0.4, -0.2) is 25.5 Å². The number of anilines is 2. The first-order valence-electron chi connectivity index (χ1n) is 7.52. The second-order valence-electron chi connectivity index (χ2n) is 5.25. The molecule has 0 fully saturated rings. The number of alkyl halides is 1. The van der Waals surface area contributed by atoms with Gasteiger partial charge in [0.2, 0.25) is 15.9 Å². The number of para-hydroxylation sites is 2. The quantitative estimate of drug-likeness (QED) is 0.702. The van der Waals surface area contributed by atoms with E-state index < -0.39 is 15.4 Å². The standard InChI is InChI=1S/C17H19ClN2O3S/c18-16(17(21)19-14-8-3-1-4-9-14)12-7-13-24(22,23)20-15-10-5-2-6-11-15/h1-6,8-11,16,20H,7,12-13H2,(H,19,21). The molecule has 0 saturated heterocycles. The smallest absolute Gasteiger partial charge is 0.242 e. The number of hydrogen-bond donors (Lipinski definition) is 2. The number of sulfonamides is 1. The maximum atomic E-state index is 12.0. The summed E-state index contributed by atoms with van der Waals surface area (Å²) in [7, 11) is -3.46. The summed E-state index contributed by atoms with van der Waals surface area (Å²) in [6.45, 7) is 0. The molecule has 1 amide bonds. The van der Waals surface area contributed by atoms with Crippen LogP contribution in [0.4, 0.5) is 11.4 Å². The van der Waals surface area contributed by atoms with Gasteiger partial charge in [-0.15, -0.1) is 11.6 Å². The number of carbonyl (C=O) groups excluding carboxylic acids is 1. The van der Waals surface area contributed by atoms with Gasteiger partial charge in [0.1, 0.15) is 5.38 Å². The highest BCUT2D eigenvalue weighted by atomic mass is 35.5. The van der Waals surface area contributed by atoms with Crippen molar-refractivity contribution < 1.29 is 13.2 Å². The minimum atomic E-state index is -3.46. The molecule has 0 bridgehead atoms. The van der Waals surface area contributed by atoms with Gasteiger partial charge in [0.05, 0.1) is 5.75 Å². The van der Waals surface area contributed by atoms with Crippen molar-refractivity contribution in [2.24, 2.45) is 0 Å². The fourth-order valence-electron chi connectivity index (χ4n) is 2.06. The van der Waals surface area contributed by atoms with E-state index in [0.29, 0.717) is 17.8 Å². The van der Waals surface area contributed by atoms with Crippen LogP contribution in [0.2, 0.25) is 0 Å². The van der Waals surface area contributed by atoms with Crippen LogP contribution >= 0.6 is 11.6 Å². The lowest BCUT2D eigenvalue weighted by atomic mass is 10.2. The summed E-state index contributed by atoms with van der Waals surface area (Å²) in [5.41, 5.74) is 1.17. The number of rotatable bonds is 8. The van der Waals surface area contributed by atoms with Crippen LogP contribution in [0.3, 0.4) is 0 Å². The van der Waals surface area contributed by atoms with Gasteiger partial charge < -0.3 is 5.32 Å². The van der Waals surface area contributed by atoms with E-state index in [-0.39, 0.29) is 18.1 Å². The predicted octanol–water partition coefficient (Wildman–Crippen LogP) is 3.45. The van der Waals surface area contributed by atoms with Crippen molar-refractivity contribution in [1.82, 2.24) is 0 Å². The molecule has 0 aliphatic rings. The number of benzene rings is 2. The summed E-state index contributed by atoms with van der Waals surface area (Å²) in [5, 5.41) is 1.91. The molecule has 2 aromatic carbocycles. The molecule has 0 aliphatic heterocycles. The highest BCUT2D eigenvalue weighted by Gasteiger charge is 2.17. The molecule has 2 N–H and O–H groups in total. The zero-order valence-electron chi connectivity index (χ0n) is 13.0. The molecule has 0 aromatic heterocycles. The van der Waals surface area contributed by atoms with Gasteiger partial charge in [0, 0.05) is 11.4 Å². The third-order valence-electron chi connectivity index (χ3n) is 3.24. The Hall–Kier alpha value is -2.05. The van der Waals surface area contributed by atoms with Crippen LogP contribution in [-0.2, 0) is 14.8 Å². The molecule has 0 heterocycles. The van der Waals surface area contributed by atoms with Crippen molar-refractivity contribution in [3.8, 4) is 0 Å². The number of halogens is 1. The molecule has 1 atom stereocenters. The van der Waals surface area contributed by atoms with E-state index in [1.165, 1.54) is 0 Å². The van der Waals surface area contributed by atoms with Crippen LogP contribution in [0.15, 0.2) is 60.7 Å². The van der Waals surface area contributed by atoms with Crippen LogP contribution in [0.25, 0.3) is 0 Å². The van der Waals surface area contributed by atoms with E-state index in [9.17, 15) is 13.2 Å². The molecule has 2 aromatic rings.